The van der Waals surface area contributed by atoms with Crippen molar-refractivity contribution in [3.63, 3.8) is 0 Å². The summed E-state index contributed by atoms with van der Waals surface area (Å²) in [5.74, 6) is 0. The molecule has 0 aliphatic carbocycles. The summed E-state index contributed by atoms with van der Waals surface area (Å²) in [4.78, 5) is 0.285. The normalized spacial score (nSPS) is 12.7. The van der Waals surface area contributed by atoms with E-state index in [0.717, 1.165) is 17.5 Å². The molecule has 5 heteroatoms. The van der Waals surface area contributed by atoms with Crippen molar-refractivity contribution >= 4 is 31.7 Å². The zero-order valence-electron chi connectivity index (χ0n) is 11.6. The molecule has 0 atom stereocenters. The van der Waals surface area contributed by atoms with Crippen LogP contribution in [0.2, 0.25) is 11.9 Å². The molecule has 0 amide bonds. The van der Waals surface area contributed by atoms with Crippen molar-refractivity contribution in [3.05, 3.63) is 29.8 Å². The predicted molar refractivity (Wildman–Crippen MR) is 76.6 cm³/mol. The molecule has 0 saturated heterocycles. The molecule has 0 aliphatic rings. The van der Waals surface area contributed by atoms with Crippen molar-refractivity contribution < 1.29 is 10.6 Å². The third-order valence-corrected chi connectivity index (χ3v) is 26.7. The Hall–Kier alpha value is 0.0521. The summed E-state index contributed by atoms with van der Waals surface area (Å²) in [6.45, 7) is 8.10. The quantitative estimate of drug-likeness (QED) is 0.602. The number of hydrogen-bond acceptors (Lipinski definition) is 3. The molecule has 1 aromatic rings. The fourth-order valence-corrected chi connectivity index (χ4v) is 19.8. The monoisotopic (exact) mass is 466 g/mol. The first-order chi connectivity index (χ1) is 8.39. The van der Waals surface area contributed by atoms with Crippen molar-refractivity contribution in [2.75, 3.05) is 0 Å². The molecule has 0 saturated carbocycles. The van der Waals surface area contributed by atoms with Gasteiger partial charge >= 0.3 is 117 Å². The van der Waals surface area contributed by atoms with Crippen LogP contribution in [0.25, 0.3) is 0 Å². The van der Waals surface area contributed by atoms with Gasteiger partial charge in [0.05, 0.1) is 0 Å². The number of rotatable bonds is 6. The van der Waals surface area contributed by atoms with Crippen LogP contribution < -0.4 is 0 Å². The Kier molecular flexibility index (Phi) is 5.79. The molecule has 0 N–H and O–H groups in total. The van der Waals surface area contributed by atoms with Gasteiger partial charge in [0.25, 0.3) is 0 Å². The van der Waals surface area contributed by atoms with E-state index in [9.17, 15) is 8.42 Å². The number of aryl methyl sites for hydroxylation is 1. The summed E-state index contributed by atoms with van der Waals surface area (Å²) in [6.07, 6.45) is 0. The molecule has 102 valence electrons. The molecule has 0 aliphatic heterocycles. The van der Waals surface area contributed by atoms with E-state index >= 15 is 0 Å². The Morgan fingerprint density at radius 2 is 1.44 bits per heavy atom. The van der Waals surface area contributed by atoms with Crippen molar-refractivity contribution in [2.45, 2.75) is 44.5 Å². The molecule has 1 rings (SSSR count). The second-order valence-corrected chi connectivity index (χ2v) is 25.5. The Labute approximate surface area is 116 Å². The van der Waals surface area contributed by atoms with Crippen molar-refractivity contribution in [1.82, 2.24) is 0 Å². The average molecular weight is 466 g/mol. The van der Waals surface area contributed by atoms with Crippen LogP contribution in [0.3, 0.4) is 0 Å². The Bertz CT molecular complexity index is 467. The number of hydrogen-bond donors (Lipinski definition) is 0. The maximum absolute atomic E-state index is 12.3. The summed E-state index contributed by atoms with van der Waals surface area (Å²) in [7, 11) is -3.57. The van der Waals surface area contributed by atoms with Crippen molar-refractivity contribution in [3.8, 4) is 0 Å². The molecule has 0 heterocycles. The van der Waals surface area contributed by atoms with Gasteiger partial charge in [-0.2, -0.15) is 0 Å². The molecule has 0 fully saturated rings. The van der Waals surface area contributed by atoms with Crippen LogP contribution in [0.5, 0.6) is 0 Å². The Balaban J connectivity index is 3.04. The minimum absolute atomic E-state index is 0.285. The SMILES string of the molecule is C[CH2][Pb]([CH2]C)([CH2]C)[O]S(=O)(=O)c1ccc(C)cc1. The summed E-state index contributed by atoms with van der Waals surface area (Å²) < 4.78 is 33.0. The van der Waals surface area contributed by atoms with Crippen LogP contribution in [-0.2, 0) is 12.3 Å². The fourth-order valence-electron chi connectivity index (χ4n) is 1.91. The zero-order chi connectivity index (χ0) is 13.8. The van der Waals surface area contributed by atoms with Gasteiger partial charge in [-0.15, -0.1) is 0 Å². The molecule has 0 aromatic heterocycles. The van der Waals surface area contributed by atoms with Gasteiger partial charge in [0.2, 0.25) is 0 Å². The van der Waals surface area contributed by atoms with Crippen LogP contribution in [-0.4, -0.2) is 30.0 Å². The predicted octanol–water partition coefficient (Wildman–Crippen LogP) is 3.71. The molecule has 0 unspecified atom stereocenters. The minimum atomic E-state index is -3.57. The summed E-state index contributed by atoms with van der Waals surface area (Å²) in [5, 5.41) is 0. The summed E-state index contributed by atoms with van der Waals surface area (Å²) >= 11 is -3.07. The molecule has 0 bridgehead atoms. The number of benzene rings is 1. The topological polar surface area (TPSA) is 43.4 Å². The van der Waals surface area contributed by atoms with E-state index in [4.69, 9.17) is 2.13 Å². The van der Waals surface area contributed by atoms with E-state index < -0.39 is 31.7 Å². The van der Waals surface area contributed by atoms with E-state index in [0.29, 0.717) is 0 Å². The second-order valence-electron chi connectivity index (χ2n) is 4.59. The van der Waals surface area contributed by atoms with Crippen LogP contribution in [0, 0.1) is 6.92 Å². The van der Waals surface area contributed by atoms with Gasteiger partial charge in [-0.25, -0.2) is 0 Å². The summed E-state index contributed by atoms with van der Waals surface area (Å²) in [5.41, 5.74) is 1.05. The molecule has 0 spiro atoms. The molecule has 18 heavy (non-hydrogen) atoms. The van der Waals surface area contributed by atoms with Gasteiger partial charge in [0.1, 0.15) is 0 Å². The Morgan fingerprint density at radius 1 is 1.00 bits per heavy atom. The van der Waals surface area contributed by atoms with E-state index in [1.165, 1.54) is 0 Å². The van der Waals surface area contributed by atoms with Crippen LogP contribution in [0.4, 0.5) is 0 Å². The molecule has 1 aromatic carbocycles. The first-order valence-electron chi connectivity index (χ1n) is 6.41. The van der Waals surface area contributed by atoms with Gasteiger partial charge in [-0.05, 0) is 0 Å². The first-order valence-corrected chi connectivity index (χ1v) is 17.7. The van der Waals surface area contributed by atoms with E-state index in [-0.39, 0.29) is 4.90 Å². The van der Waals surface area contributed by atoms with E-state index in [2.05, 4.69) is 20.8 Å². The second kappa shape index (κ2) is 6.47. The van der Waals surface area contributed by atoms with Crippen molar-refractivity contribution in [1.29, 1.82) is 0 Å². The van der Waals surface area contributed by atoms with Crippen molar-refractivity contribution in [2.24, 2.45) is 0 Å². The van der Waals surface area contributed by atoms with Crippen LogP contribution in [0.15, 0.2) is 29.2 Å². The molecule has 0 radical (unpaired) electrons. The van der Waals surface area contributed by atoms with Crippen LogP contribution >= 0.6 is 0 Å². The molecular formula is C13H22O3PbS. The fraction of sp³-hybridized carbons (Fsp3) is 0.538. The first kappa shape index (κ1) is 16.1. The van der Waals surface area contributed by atoms with E-state index in [1.54, 1.807) is 24.3 Å². The Morgan fingerprint density at radius 3 is 1.83 bits per heavy atom. The molecular weight excluding hydrogens is 443 g/mol. The van der Waals surface area contributed by atoms with Gasteiger partial charge in [-0.1, -0.05) is 0 Å². The summed E-state index contributed by atoms with van der Waals surface area (Å²) in [6, 6.07) is 6.87. The third-order valence-electron chi connectivity index (χ3n) is 3.53. The van der Waals surface area contributed by atoms with Crippen LogP contribution in [0.1, 0.15) is 26.3 Å². The van der Waals surface area contributed by atoms with Gasteiger partial charge in [0.15, 0.2) is 0 Å². The van der Waals surface area contributed by atoms with Gasteiger partial charge in [-0.3, -0.25) is 0 Å². The third kappa shape index (κ3) is 3.77. The maximum atomic E-state index is 12.3. The van der Waals surface area contributed by atoms with Gasteiger partial charge < -0.3 is 0 Å². The average Bonchev–Trinajstić information content (AvgIpc) is 2.37. The standard InChI is InChI=1S/C7H8O3S.3C2H5.Pb/c1-6-2-4-7(5-3-6)11(8,9)10;3*1-2;/h2-5H,1H3,(H,8,9,10);3*1H2,2H3;/q;;;;+1/p-1. The molecule has 3 nitrogen and oxygen atoms in total. The zero-order valence-corrected chi connectivity index (χ0v) is 16.3. The van der Waals surface area contributed by atoms with E-state index in [1.807, 2.05) is 6.92 Å². The van der Waals surface area contributed by atoms with Gasteiger partial charge in [0, 0.05) is 0 Å².